The van der Waals surface area contributed by atoms with Gasteiger partial charge >= 0.3 is 0 Å². The molecular formula is C18H26O3. The minimum atomic E-state index is -0.716. The first kappa shape index (κ1) is 14.9. The summed E-state index contributed by atoms with van der Waals surface area (Å²) in [5, 5.41) is 0. The van der Waals surface area contributed by atoms with E-state index in [9.17, 15) is 0 Å². The average molecular weight is 290 g/mol. The zero-order valence-electron chi connectivity index (χ0n) is 14.4. The van der Waals surface area contributed by atoms with Gasteiger partial charge in [-0.25, -0.2) is 4.89 Å². The van der Waals surface area contributed by atoms with Crippen molar-refractivity contribution >= 4 is 0 Å². The van der Waals surface area contributed by atoms with E-state index in [2.05, 4.69) is 53.7 Å². The van der Waals surface area contributed by atoms with Crippen molar-refractivity contribution in [3.8, 4) is 5.75 Å². The molecule has 1 saturated heterocycles. The molecule has 0 bridgehead atoms. The standard InChI is InChI=1S/C18H26O3/c1-15(2,3)11-9-12(16(4,5)6)14-13(10-11)19-18(8)17(14,7)20-21-18/h9-10H,1-8H3. The predicted molar refractivity (Wildman–Crippen MR) is 82.4 cm³/mol. The monoisotopic (exact) mass is 290 g/mol. The van der Waals surface area contributed by atoms with Gasteiger partial charge in [0.1, 0.15) is 5.75 Å². The Labute approximate surface area is 127 Å². The molecule has 2 unspecified atom stereocenters. The quantitative estimate of drug-likeness (QED) is 0.655. The third kappa shape index (κ3) is 1.87. The van der Waals surface area contributed by atoms with Gasteiger partial charge in [-0.1, -0.05) is 47.6 Å². The molecule has 3 heteroatoms. The summed E-state index contributed by atoms with van der Waals surface area (Å²) < 4.78 is 6.12. The van der Waals surface area contributed by atoms with Crippen molar-refractivity contribution in [2.75, 3.05) is 0 Å². The number of benzene rings is 1. The summed E-state index contributed by atoms with van der Waals surface area (Å²) in [5.74, 6) is 0.182. The Balaban J connectivity index is 2.28. The van der Waals surface area contributed by atoms with E-state index in [1.165, 1.54) is 11.1 Å². The molecule has 1 aromatic carbocycles. The molecule has 116 valence electrons. The van der Waals surface area contributed by atoms with Crippen LogP contribution in [0.1, 0.15) is 72.1 Å². The van der Waals surface area contributed by atoms with E-state index in [0.717, 1.165) is 11.3 Å². The van der Waals surface area contributed by atoms with E-state index in [-0.39, 0.29) is 10.8 Å². The predicted octanol–water partition coefficient (Wildman–Crippen LogP) is 4.57. The van der Waals surface area contributed by atoms with Gasteiger partial charge in [0.05, 0.1) is 0 Å². The molecule has 0 spiro atoms. The Morgan fingerprint density at radius 2 is 1.48 bits per heavy atom. The summed E-state index contributed by atoms with van der Waals surface area (Å²) in [5.41, 5.74) is 3.25. The number of fused-ring (bicyclic) bond motifs is 3. The van der Waals surface area contributed by atoms with Crippen LogP contribution in [0.2, 0.25) is 0 Å². The Morgan fingerprint density at radius 1 is 0.857 bits per heavy atom. The van der Waals surface area contributed by atoms with Gasteiger partial charge in [-0.3, -0.25) is 0 Å². The summed E-state index contributed by atoms with van der Waals surface area (Å²) in [6.07, 6.45) is 0. The Bertz CT molecular complexity index is 606. The number of hydrogen-bond donors (Lipinski definition) is 0. The smallest absolute Gasteiger partial charge is 0.273 e. The highest BCUT2D eigenvalue weighted by Gasteiger charge is 2.68. The van der Waals surface area contributed by atoms with E-state index in [1.54, 1.807) is 0 Å². The topological polar surface area (TPSA) is 27.7 Å². The normalized spacial score (nSPS) is 31.2. The summed E-state index contributed by atoms with van der Waals surface area (Å²) in [7, 11) is 0. The number of ether oxygens (including phenoxy) is 1. The van der Waals surface area contributed by atoms with Gasteiger partial charge in [0, 0.05) is 12.5 Å². The van der Waals surface area contributed by atoms with Crippen LogP contribution in [0, 0.1) is 0 Å². The fraction of sp³-hybridized carbons (Fsp3) is 0.667. The van der Waals surface area contributed by atoms with E-state index < -0.39 is 11.4 Å². The summed E-state index contributed by atoms with van der Waals surface area (Å²) in [4.78, 5) is 10.8. The van der Waals surface area contributed by atoms with Crippen LogP contribution in [0.15, 0.2) is 12.1 Å². The second-order valence-corrected chi connectivity index (χ2v) is 8.64. The second-order valence-electron chi connectivity index (χ2n) is 8.64. The highest BCUT2D eigenvalue weighted by atomic mass is 17.3. The van der Waals surface area contributed by atoms with E-state index in [0.29, 0.717) is 0 Å². The molecule has 2 heterocycles. The molecule has 0 aromatic heterocycles. The van der Waals surface area contributed by atoms with Gasteiger partial charge in [-0.2, -0.15) is 4.89 Å². The maximum atomic E-state index is 6.12. The zero-order valence-corrected chi connectivity index (χ0v) is 14.4. The van der Waals surface area contributed by atoms with Crippen LogP contribution in [0.4, 0.5) is 0 Å². The molecule has 2 aliphatic heterocycles. The summed E-state index contributed by atoms with van der Waals surface area (Å²) in [6, 6.07) is 4.45. The fourth-order valence-corrected chi connectivity index (χ4v) is 3.09. The molecule has 3 rings (SSSR count). The molecule has 21 heavy (non-hydrogen) atoms. The molecular weight excluding hydrogens is 264 g/mol. The highest BCUT2D eigenvalue weighted by Crippen LogP contribution is 2.60. The third-order valence-corrected chi connectivity index (χ3v) is 4.79. The maximum Gasteiger partial charge on any atom is 0.273 e. The molecule has 2 aliphatic rings. The van der Waals surface area contributed by atoms with Crippen LogP contribution >= 0.6 is 0 Å². The van der Waals surface area contributed by atoms with Crippen molar-refractivity contribution in [3.05, 3.63) is 28.8 Å². The van der Waals surface area contributed by atoms with Gasteiger partial charge < -0.3 is 4.74 Å². The first-order chi connectivity index (χ1) is 9.38. The molecule has 0 aliphatic carbocycles. The lowest BCUT2D eigenvalue weighted by atomic mass is 9.74. The first-order valence-corrected chi connectivity index (χ1v) is 7.64. The number of hydrogen-bond acceptors (Lipinski definition) is 3. The van der Waals surface area contributed by atoms with Crippen LogP contribution in [0.5, 0.6) is 5.75 Å². The fourth-order valence-electron chi connectivity index (χ4n) is 3.09. The summed E-state index contributed by atoms with van der Waals surface area (Å²) in [6.45, 7) is 17.4. The van der Waals surface area contributed by atoms with Gasteiger partial charge in [0.2, 0.25) is 0 Å². The largest absolute Gasteiger partial charge is 0.456 e. The molecule has 1 aromatic rings. The lowest BCUT2D eigenvalue weighted by Crippen LogP contribution is -2.61. The SMILES string of the molecule is CC(C)(C)c1cc2c(c(C(C)(C)C)c1)C1(C)OOC1(C)O2. The molecule has 0 N–H and O–H groups in total. The first-order valence-electron chi connectivity index (χ1n) is 7.64. The lowest BCUT2D eigenvalue weighted by molar-refractivity contribution is -0.587. The van der Waals surface area contributed by atoms with Crippen molar-refractivity contribution in [2.45, 2.75) is 77.6 Å². The van der Waals surface area contributed by atoms with Gasteiger partial charge in [0.15, 0.2) is 5.60 Å². The molecule has 1 fully saturated rings. The van der Waals surface area contributed by atoms with E-state index in [4.69, 9.17) is 14.5 Å². The Hall–Kier alpha value is -1.06. The molecule has 2 atom stereocenters. The Kier molecular flexibility index (Phi) is 2.70. The zero-order chi connectivity index (χ0) is 15.8. The molecule has 0 radical (unpaired) electrons. The Morgan fingerprint density at radius 3 is 1.90 bits per heavy atom. The molecule has 3 nitrogen and oxygen atoms in total. The average Bonchev–Trinajstić information content (AvgIpc) is 2.46. The minimum absolute atomic E-state index is 0.0158. The molecule has 0 amide bonds. The minimum Gasteiger partial charge on any atom is -0.456 e. The van der Waals surface area contributed by atoms with Gasteiger partial charge in [-0.15, -0.1) is 0 Å². The van der Waals surface area contributed by atoms with Crippen LogP contribution in [-0.2, 0) is 26.2 Å². The summed E-state index contributed by atoms with van der Waals surface area (Å²) >= 11 is 0. The van der Waals surface area contributed by atoms with Gasteiger partial charge in [0.25, 0.3) is 5.79 Å². The van der Waals surface area contributed by atoms with Crippen molar-refractivity contribution in [1.82, 2.24) is 0 Å². The van der Waals surface area contributed by atoms with Crippen molar-refractivity contribution in [3.63, 3.8) is 0 Å². The van der Waals surface area contributed by atoms with Crippen LogP contribution in [0.3, 0.4) is 0 Å². The maximum absolute atomic E-state index is 6.12. The third-order valence-electron chi connectivity index (χ3n) is 4.79. The van der Waals surface area contributed by atoms with Crippen LogP contribution in [0.25, 0.3) is 0 Å². The van der Waals surface area contributed by atoms with Crippen LogP contribution in [-0.4, -0.2) is 5.79 Å². The van der Waals surface area contributed by atoms with Gasteiger partial charge in [-0.05, 0) is 34.9 Å². The van der Waals surface area contributed by atoms with Crippen molar-refractivity contribution in [2.24, 2.45) is 0 Å². The van der Waals surface area contributed by atoms with Crippen molar-refractivity contribution in [1.29, 1.82) is 0 Å². The van der Waals surface area contributed by atoms with E-state index in [1.807, 2.05) is 13.8 Å². The van der Waals surface area contributed by atoms with E-state index >= 15 is 0 Å². The lowest BCUT2D eigenvalue weighted by Gasteiger charge is -2.46. The van der Waals surface area contributed by atoms with Crippen LogP contribution < -0.4 is 4.74 Å². The highest BCUT2D eigenvalue weighted by molar-refractivity contribution is 5.55. The number of rotatable bonds is 0. The second kappa shape index (κ2) is 3.82. The molecule has 0 saturated carbocycles. The van der Waals surface area contributed by atoms with Crippen molar-refractivity contribution < 1.29 is 14.5 Å².